The van der Waals surface area contributed by atoms with E-state index in [4.69, 9.17) is 4.74 Å². The fraction of sp³-hybridized carbons (Fsp3) is 0.750. The van der Waals surface area contributed by atoms with Gasteiger partial charge in [0.15, 0.2) is 0 Å². The Balaban J connectivity index is 1.96. The highest BCUT2D eigenvalue weighted by Crippen LogP contribution is 2.25. The van der Waals surface area contributed by atoms with Gasteiger partial charge >= 0.3 is 6.09 Å². The second kappa shape index (κ2) is 7.57. The highest BCUT2D eigenvalue weighted by Gasteiger charge is 2.23. The average molecular weight is 340 g/mol. The smallest absolute Gasteiger partial charge is 0.413 e. The normalized spacial score (nSPS) is 22.0. The molecule has 0 aromatic carbocycles. The summed E-state index contributed by atoms with van der Waals surface area (Å²) in [6.07, 6.45) is 3.79. The van der Waals surface area contributed by atoms with E-state index in [1.165, 1.54) is 18.6 Å². The molecule has 0 spiro atoms. The lowest BCUT2D eigenvalue weighted by Crippen LogP contribution is -2.39. The zero-order chi connectivity index (χ0) is 17.0. The maximum Gasteiger partial charge on any atom is 0.413 e. The molecule has 2 atom stereocenters. The highest BCUT2D eigenvalue weighted by molar-refractivity contribution is 7.99. The Labute approximate surface area is 142 Å². The summed E-state index contributed by atoms with van der Waals surface area (Å²) in [5.74, 6) is 1.93. The number of rotatable bonds is 4. The minimum atomic E-state index is -0.518. The minimum absolute atomic E-state index is 0.455. The quantitative estimate of drug-likeness (QED) is 0.881. The zero-order valence-corrected chi connectivity index (χ0v) is 15.5. The molecule has 1 aliphatic rings. The molecule has 7 heteroatoms. The number of anilines is 1. The number of hydrogen-bond acceptors (Lipinski definition) is 5. The van der Waals surface area contributed by atoms with Crippen LogP contribution < -0.4 is 10.6 Å². The van der Waals surface area contributed by atoms with Crippen LogP contribution in [-0.2, 0) is 18.3 Å². The van der Waals surface area contributed by atoms with Crippen molar-refractivity contribution in [3.63, 3.8) is 0 Å². The Morgan fingerprint density at radius 1 is 1.52 bits per heavy atom. The predicted octanol–water partition coefficient (Wildman–Crippen LogP) is 3.14. The van der Waals surface area contributed by atoms with Crippen molar-refractivity contribution in [3.8, 4) is 0 Å². The van der Waals surface area contributed by atoms with E-state index < -0.39 is 11.7 Å². The van der Waals surface area contributed by atoms with E-state index in [0.717, 1.165) is 5.56 Å². The van der Waals surface area contributed by atoms with E-state index >= 15 is 0 Å². The molecular weight excluding hydrogens is 312 g/mol. The lowest BCUT2D eigenvalue weighted by atomic mass is 10.1. The van der Waals surface area contributed by atoms with Crippen LogP contribution in [0.25, 0.3) is 0 Å². The SMILES string of the molecule is CC1SCCCC1NCc1cnn(C)c1NC(=O)OC(C)(C)C. The molecule has 2 rings (SSSR count). The number of thioether (sulfide) groups is 1. The molecule has 1 amide bonds. The molecule has 23 heavy (non-hydrogen) atoms. The zero-order valence-electron chi connectivity index (χ0n) is 14.7. The summed E-state index contributed by atoms with van der Waals surface area (Å²) in [4.78, 5) is 12.0. The number of nitrogens with zero attached hydrogens (tertiary/aromatic N) is 2. The summed E-state index contributed by atoms with van der Waals surface area (Å²) in [6.45, 7) is 8.50. The van der Waals surface area contributed by atoms with Gasteiger partial charge in [-0.25, -0.2) is 4.79 Å². The van der Waals surface area contributed by atoms with Gasteiger partial charge in [-0.3, -0.25) is 10.00 Å². The van der Waals surface area contributed by atoms with Crippen molar-refractivity contribution < 1.29 is 9.53 Å². The highest BCUT2D eigenvalue weighted by atomic mass is 32.2. The van der Waals surface area contributed by atoms with Gasteiger partial charge in [0.1, 0.15) is 11.4 Å². The molecule has 1 aromatic heterocycles. The third kappa shape index (κ3) is 5.42. The Morgan fingerprint density at radius 3 is 2.91 bits per heavy atom. The Morgan fingerprint density at radius 2 is 2.26 bits per heavy atom. The first-order chi connectivity index (χ1) is 10.8. The summed E-state index contributed by atoms with van der Waals surface area (Å²) in [6, 6.07) is 0.503. The van der Waals surface area contributed by atoms with Crippen LogP contribution in [0.4, 0.5) is 10.6 Å². The maximum atomic E-state index is 12.0. The Kier molecular flexibility index (Phi) is 5.97. The second-order valence-corrected chi connectivity index (χ2v) is 8.46. The number of carbonyl (C=O) groups excluding carboxylic acids is 1. The van der Waals surface area contributed by atoms with E-state index in [2.05, 4.69) is 22.7 Å². The molecule has 1 aliphatic heterocycles. The molecule has 1 fully saturated rings. The van der Waals surface area contributed by atoms with E-state index in [1.807, 2.05) is 39.6 Å². The molecular formula is C16H28N4O2S. The fourth-order valence-electron chi connectivity index (χ4n) is 2.61. The molecule has 2 unspecified atom stereocenters. The number of hydrogen-bond donors (Lipinski definition) is 2. The van der Waals surface area contributed by atoms with Crippen molar-refractivity contribution >= 4 is 23.7 Å². The molecule has 1 aromatic rings. The summed E-state index contributed by atoms with van der Waals surface area (Å²) < 4.78 is 6.98. The van der Waals surface area contributed by atoms with Crippen molar-refractivity contribution in [3.05, 3.63) is 11.8 Å². The minimum Gasteiger partial charge on any atom is -0.444 e. The molecule has 1 saturated heterocycles. The van der Waals surface area contributed by atoms with Gasteiger partial charge in [-0.15, -0.1) is 0 Å². The monoisotopic (exact) mass is 340 g/mol. The van der Waals surface area contributed by atoms with Crippen LogP contribution >= 0.6 is 11.8 Å². The molecule has 2 N–H and O–H groups in total. The summed E-state index contributed by atoms with van der Waals surface area (Å²) in [5, 5.41) is 11.3. The van der Waals surface area contributed by atoms with Crippen molar-refractivity contribution in [2.45, 2.75) is 64.0 Å². The first kappa shape index (κ1) is 18.1. The van der Waals surface area contributed by atoms with Crippen LogP contribution in [0.15, 0.2) is 6.20 Å². The van der Waals surface area contributed by atoms with Crippen LogP contribution in [-0.4, -0.2) is 38.5 Å². The van der Waals surface area contributed by atoms with Crippen LogP contribution in [0.3, 0.4) is 0 Å². The second-order valence-electron chi connectivity index (χ2n) is 6.97. The molecule has 6 nitrogen and oxygen atoms in total. The first-order valence-electron chi connectivity index (χ1n) is 8.12. The molecule has 0 saturated carbocycles. The third-order valence-corrected chi connectivity index (χ3v) is 5.17. The van der Waals surface area contributed by atoms with Gasteiger partial charge in [0, 0.05) is 30.4 Å². The fourth-order valence-corrected chi connectivity index (χ4v) is 3.78. The number of ether oxygens (including phenoxy) is 1. The number of carbonyl (C=O) groups is 1. The molecule has 130 valence electrons. The van der Waals surface area contributed by atoms with Crippen LogP contribution in [0.2, 0.25) is 0 Å². The van der Waals surface area contributed by atoms with Gasteiger partial charge in [-0.2, -0.15) is 16.9 Å². The summed E-state index contributed by atoms with van der Waals surface area (Å²) >= 11 is 2.01. The van der Waals surface area contributed by atoms with Crippen molar-refractivity contribution in [1.82, 2.24) is 15.1 Å². The lowest BCUT2D eigenvalue weighted by molar-refractivity contribution is 0.0634. The van der Waals surface area contributed by atoms with Crippen molar-refractivity contribution in [1.29, 1.82) is 0 Å². The first-order valence-corrected chi connectivity index (χ1v) is 9.17. The van der Waals surface area contributed by atoms with Crippen LogP contribution in [0.1, 0.15) is 46.1 Å². The van der Waals surface area contributed by atoms with Gasteiger partial charge in [0.2, 0.25) is 0 Å². The largest absolute Gasteiger partial charge is 0.444 e. The molecule has 0 radical (unpaired) electrons. The van der Waals surface area contributed by atoms with Gasteiger partial charge in [0.25, 0.3) is 0 Å². The summed E-state index contributed by atoms with van der Waals surface area (Å²) in [7, 11) is 1.81. The van der Waals surface area contributed by atoms with E-state index in [9.17, 15) is 4.79 Å². The van der Waals surface area contributed by atoms with Gasteiger partial charge < -0.3 is 10.1 Å². The number of nitrogens with one attached hydrogen (secondary N) is 2. The standard InChI is InChI=1S/C16H28N4O2S/c1-11-13(7-6-8-23-11)17-9-12-10-18-20(5)14(12)19-15(21)22-16(2,3)4/h10-11,13,17H,6-9H2,1-5H3,(H,19,21). The topological polar surface area (TPSA) is 68.2 Å². The van der Waals surface area contributed by atoms with Gasteiger partial charge in [-0.1, -0.05) is 6.92 Å². The predicted molar refractivity (Wildman–Crippen MR) is 94.8 cm³/mol. The van der Waals surface area contributed by atoms with Crippen molar-refractivity contribution in [2.75, 3.05) is 11.1 Å². The van der Waals surface area contributed by atoms with E-state index in [-0.39, 0.29) is 0 Å². The van der Waals surface area contributed by atoms with Gasteiger partial charge in [0.05, 0.1) is 6.20 Å². The molecule has 0 aliphatic carbocycles. The Hall–Kier alpha value is -1.21. The molecule has 2 heterocycles. The number of amides is 1. The number of aromatic nitrogens is 2. The lowest BCUT2D eigenvalue weighted by Gasteiger charge is -2.29. The van der Waals surface area contributed by atoms with Gasteiger partial charge in [-0.05, 0) is 39.4 Å². The summed E-state index contributed by atoms with van der Waals surface area (Å²) in [5.41, 5.74) is 0.455. The van der Waals surface area contributed by atoms with E-state index in [1.54, 1.807) is 10.9 Å². The van der Waals surface area contributed by atoms with Crippen LogP contribution in [0, 0.1) is 0 Å². The third-order valence-electron chi connectivity index (χ3n) is 3.80. The van der Waals surface area contributed by atoms with Crippen LogP contribution in [0.5, 0.6) is 0 Å². The van der Waals surface area contributed by atoms with Crippen molar-refractivity contribution in [2.24, 2.45) is 7.05 Å². The maximum absolute atomic E-state index is 12.0. The Bertz CT molecular complexity index is 539. The average Bonchev–Trinajstić information content (AvgIpc) is 2.77. The number of aryl methyl sites for hydroxylation is 1. The molecule has 0 bridgehead atoms. The van der Waals surface area contributed by atoms with E-state index in [0.29, 0.717) is 23.7 Å².